The quantitative estimate of drug-likeness (QED) is 0.845. The number of benzene rings is 1. The van der Waals surface area contributed by atoms with Crippen LogP contribution >= 0.6 is 0 Å². The first-order valence-corrected chi connectivity index (χ1v) is 8.06. The molecular weight excluding hydrogens is 304 g/mol. The van der Waals surface area contributed by atoms with Gasteiger partial charge >= 0.3 is 0 Å². The number of rotatable bonds is 7. The molecule has 0 radical (unpaired) electrons. The summed E-state index contributed by atoms with van der Waals surface area (Å²) in [6.07, 6.45) is 2.21. The molecule has 0 aliphatic rings. The Morgan fingerprint density at radius 1 is 1.25 bits per heavy atom. The second-order valence-electron chi connectivity index (χ2n) is 5.71. The van der Waals surface area contributed by atoms with E-state index in [4.69, 9.17) is 4.74 Å². The normalized spacial score (nSPS) is 10.3. The molecule has 0 aliphatic carbocycles. The predicted octanol–water partition coefficient (Wildman–Crippen LogP) is 3.28. The van der Waals surface area contributed by atoms with Gasteiger partial charge in [-0.25, -0.2) is 0 Å². The molecule has 1 amide bonds. The summed E-state index contributed by atoms with van der Waals surface area (Å²) in [5.74, 6) is 1.06. The number of aryl methyl sites for hydroxylation is 1. The minimum absolute atomic E-state index is 0.270. The number of carbonyl (C=O) groups is 1. The van der Waals surface area contributed by atoms with Crippen molar-refractivity contribution in [2.24, 2.45) is 0 Å². The maximum absolute atomic E-state index is 12.4. The molecule has 1 N–H and O–H groups in total. The maximum atomic E-state index is 12.4. The number of carbonyl (C=O) groups excluding carboxylic acids is 1. The number of aromatic nitrogens is 2. The molecule has 6 nitrogen and oxygen atoms in total. The van der Waals surface area contributed by atoms with Gasteiger partial charge in [0.1, 0.15) is 5.75 Å². The number of nitrogens with one attached hydrogen (secondary N) is 1. The van der Waals surface area contributed by atoms with Gasteiger partial charge in [0, 0.05) is 13.6 Å². The molecule has 0 atom stereocenters. The summed E-state index contributed by atoms with van der Waals surface area (Å²) in [5.41, 5.74) is 1.92. The first-order chi connectivity index (χ1) is 11.5. The van der Waals surface area contributed by atoms with Gasteiger partial charge in [-0.15, -0.1) is 10.2 Å². The van der Waals surface area contributed by atoms with Crippen LogP contribution in [0.1, 0.15) is 35.8 Å². The maximum Gasteiger partial charge on any atom is 0.276 e. The second-order valence-corrected chi connectivity index (χ2v) is 5.71. The molecule has 0 unspecified atom stereocenters. The minimum atomic E-state index is -0.311. The summed E-state index contributed by atoms with van der Waals surface area (Å²) in [7, 11) is 3.54. The first-order valence-electron chi connectivity index (χ1n) is 8.06. The van der Waals surface area contributed by atoms with E-state index in [1.165, 1.54) is 0 Å². The first kappa shape index (κ1) is 17.7. The topological polar surface area (TPSA) is 67.4 Å². The van der Waals surface area contributed by atoms with Crippen LogP contribution in [0.5, 0.6) is 5.75 Å². The van der Waals surface area contributed by atoms with Crippen molar-refractivity contribution in [3.63, 3.8) is 0 Å². The van der Waals surface area contributed by atoms with E-state index in [0.717, 1.165) is 30.8 Å². The highest BCUT2D eigenvalue weighted by molar-refractivity contribution is 6.03. The average molecular weight is 328 g/mol. The van der Waals surface area contributed by atoms with E-state index in [1.807, 2.05) is 43.1 Å². The molecule has 0 aliphatic heterocycles. The van der Waals surface area contributed by atoms with Crippen LogP contribution < -0.4 is 15.0 Å². The molecule has 1 heterocycles. The number of methoxy groups -OCH3 is 1. The van der Waals surface area contributed by atoms with Crippen LogP contribution in [-0.4, -0.2) is 36.8 Å². The Morgan fingerprint density at radius 3 is 2.67 bits per heavy atom. The number of amides is 1. The van der Waals surface area contributed by atoms with Gasteiger partial charge in [-0.3, -0.25) is 4.79 Å². The van der Waals surface area contributed by atoms with Crippen LogP contribution in [0, 0.1) is 6.92 Å². The van der Waals surface area contributed by atoms with Gasteiger partial charge in [0.15, 0.2) is 11.5 Å². The molecular formula is C18H24N4O2. The molecule has 0 spiro atoms. The van der Waals surface area contributed by atoms with Crippen molar-refractivity contribution < 1.29 is 9.53 Å². The van der Waals surface area contributed by atoms with Crippen LogP contribution in [0.4, 0.5) is 11.5 Å². The zero-order chi connectivity index (χ0) is 17.5. The summed E-state index contributed by atoms with van der Waals surface area (Å²) in [4.78, 5) is 14.4. The molecule has 1 aromatic carbocycles. The zero-order valence-corrected chi connectivity index (χ0v) is 14.7. The molecule has 0 saturated carbocycles. The van der Waals surface area contributed by atoms with E-state index in [0.29, 0.717) is 11.4 Å². The highest BCUT2D eigenvalue weighted by Crippen LogP contribution is 2.25. The lowest BCUT2D eigenvalue weighted by atomic mass is 10.2. The van der Waals surface area contributed by atoms with Gasteiger partial charge in [0.05, 0.1) is 12.8 Å². The van der Waals surface area contributed by atoms with Gasteiger partial charge in [-0.1, -0.05) is 19.4 Å². The van der Waals surface area contributed by atoms with Gasteiger partial charge in [-0.2, -0.15) is 0 Å². The largest absolute Gasteiger partial charge is 0.495 e. The molecule has 0 bridgehead atoms. The zero-order valence-electron chi connectivity index (χ0n) is 14.7. The van der Waals surface area contributed by atoms with Crippen molar-refractivity contribution in [3.05, 3.63) is 41.6 Å². The number of anilines is 2. The Labute approximate surface area is 142 Å². The number of hydrogen-bond donors (Lipinski definition) is 1. The van der Waals surface area contributed by atoms with Crippen molar-refractivity contribution in [1.82, 2.24) is 10.2 Å². The number of hydrogen-bond acceptors (Lipinski definition) is 5. The van der Waals surface area contributed by atoms with Gasteiger partial charge in [0.2, 0.25) is 0 Å². The van der Waals surface area contributed by atoms with E-state index < -0.39 is 0 Å². The summed E-state index contributed by atoms with van der Waals surface area (Å²) in [6, 6.07) is 9.10. The van der Waals surface area contributed by atoms with Crippen LogP contribution in [0.3, 0.4) is 0 Å². The number of nitrogens with zero attached hydrogens (tertiary/aromatic N) is 3. The highest BCUT2D eigenvalue weighted by atomic mass is 16.5. The standard InChI is InChI=1S/C18H24N4O2/c1-5-6-11-22(3)17-10-8-14(20-21-17)18(23)19-15-12-13(2)7-9-16(15)24-4/h7-10,12H,5-6,11H2,1-4H3,(H,19,23). The van der Waals surface area contributed by atoms with E-state index >= 15 is 0 Å². The van der Waals surface area contributed by atoms with Gasteiger partial charge < -0.3 is 15.0 Å². The smallest absolute Gasteiger partial charge is 0.276 e. The fraction of sp³-hybridized carbons (Fsp3) is 0.389. The van der Waals surface area contributed by atoms with E-state index in [-0.39, 0.29) is 11.6 Å². The van der Waals surface area contributed by atoms with Crippen LogP contribution in [-0.2, 0) is 0 Å². The molecule has 128 valence electrons. The summed E-state index contributed by atoms with van der Waals surface area (Å²) >= 11 is 0. The summed E-state index contributed by atoms with van der Waals surface area (Å²) in [6.45, 7) is 5.01. The third-order valence-electron chi connectivity index (χ3n) is 3.72. The third-order valence-corrected chi connectivity index (χ3v) is 3.72. The Hall–Kier alpha value is -2.63. The van der Waals surface area contributed by atoms with E-state index in [1.54, 1.807) is 13.2 Å². The van der Waals surface area contributed by atoms with Crippen molar-refractivity contribution in [2.45, 2.75) is 26.7 Å². The van der Waals surface area contributed by atoms with Gasteiger partial charge in [0.25, 0.3) is 5.91 Å². The molecule has 1 aromatic heterocycles. The Balaban J connectivity index is 2.09. The minimum Gasteiger partial charge on any atom is -0.495 e. The Kier molecular flexibility index (Phi) is 6.12. The lowest BCUT2D eigenvalue weighted by molar-refractivity contribution is 0.102. The van der Waals surface area contributed by atoms with Crippen molar-refractivity contribution in [2.75, 3.05) is 30.9 Å². The highest BCUT2D eigenvalue weighted by Gasteiger charge is 2.12. The predicted molar refractivity (Wildman–Crippen MR) is 95.9 cm³/mol. The van der Waals surface area contributed by atoms with Crippen LogP contribution in [0.25, 0.3) is 0 Å². The average Bonchev–Trinajstić information content (AvgIpc) is 2.60. The summed E-state index contributed by atoms with van der Waals surface area (Å²) < 4.78 is 5.27. The van der Waals surface area contributed by atoms with Crippen molar-refractivity contribution in [3.8, 4) is 5.75 Å². The molecule has 2 rings (SSSR count). The van der Waals surface area contributed by atoms with Gasteiger partial charge in [-0.05, 0) is 43.2 Å². The molecule has 24 heavy (non-hydrogen) atoms. The lowest BCUT2D eigenvalue weighted by Crippen LogP contribution is -2.21. The van der Waals surface area contributed by atoms with Crippen molar-refractivity contribution in [1.29, 1.82) is 0 Å². The Bertz CT molecular complexity index is 686. The number of ether oxygens (including phenoxy) is 1. The fourth-order valence-electron chi connectivity index (χ4n) is 2.27. The second kappa shape index (κ2) is 8.29. The van der Waals surface area contributed by atoms with E-state index in [2.05, 4.69) is 22.4 Å². The third kappa shape index (κ3) is 4.44. The van der Waals surface area contributed by atoms with E-state index in [9.17, 15) is 4.79 Å². The molecule has 2 aromatic rings. The monoisotopic (exact) mass is 328 g/mol. The van der Waals surface area contributed by atoms with Crippen LogP contribution in [0.2, 0.25) is 0 Å². The SMILES string of the molecule is CCCCN(C)c1ccc(C(=O)Nc2cc(C)ccc2OC)nn1. The Morgan fingerprint density at radius 2 is 2.04 bits per heavy atom. The lowest BCUT2D eigenvalue weighted by Gasteiger charge is -2.17. The fourth-order valence-corrected chi connectivity index (χ4v) is 2.27. The molecule has 0 fully saturated rings. The molecule has 0 saturated heterocycles. The molecule has 6 heteroatoms. The number of unbranched alkanes of at least 4 members (excludes halogenated alkanes) is 1. The summed E-state index contributed by atoms with van der Waals surface area (Å²) in [5, 5.41) is 11.0. The van der Waals surface area contributed by atoms with Crippen LogP contribution in [0.15, 0.2) is 30.3 Å². The van der Waals surface area contributed by atoms with Crippen molar-refractivity contribution >= 4 is 17.4 Å².